The molecule has 1 saturated carbocycles. The van der Waals surface area contributed by atoms with Crippen molar-refractivity contribution in [1.82, 2.24) is 5.32 Å². The van der Waals surface area contributed by atoms with Crippen LogP contribution in [0.1, 0.15) is 40.5 Å². The lowest BCUT2D eigenvalue weighted by Gasteiger charge is -2.44. The van der Waals surface area contributed by atoms with Crippen LogP contribution < -0.4 is 5.32 Å². The Morgan fingerprint density at radius 2 is 1.92 bits per heavy atom. The van der Waals surface area contributed by atoms with Crippen LogP contribution in [0.15, 0.2) is 0 Å². The number of hydrogen-bond acceptors (Lipinski definition) is 2. The first-order valence-electron chi connectivity index (χ1n) is 4.74. The van der Waals surface area contributed by atoms with Gasteiger partial charge in [-0.05, 0) is 19.8 Å². The summed E-state index contributed by atoms with van der Waals surface area (Å²) in [4.78, 5) is 11.6. The van der Waals surface area contributed by atoms with Gasteiger partial charge in [-0.2, -0.15) is 0 Å². The van der Waals surface area contributed by atoms with Gasteiger partial charge < -0.3 is 10.4 Å². The number of hydrogen-bond donors (Lipinski definition) is 2. The second-order valence-electron chi connectivity index (χ2n) is 5.33. The van der Waals surface area contributed by atoms with Crippen molar-refractivity contribution in [3.63, 3.8) is 0 Å². The zero-order valence-electron chi connectivity index (χ0n) is 8.85. The molecule has 0 aromatic heterocycles. The molecule has 0 radical (unpaired) electrons. The topological polar surface area (TPSA) is 49.3 Å². The van der Waals surface area contributed by atoms with Crippen LogP contribution in [0.25, 0.3) is 0 Å². The van der Waals surface area contributed by atoms with Crippen molar-refractivity contribution in [3.8, 4) is 0 Å². The van der Waals surface area contributed by atoms with Crippen LogP contribution in [-0.2, 0) is 4.79 Å². The van der Waals surface area contributed by atoms with Crippen molar-refractivity contribution in [1.29, 1.82) is 0 Å². The minimum atomic E-state index is -0.344. The van der Waals surface area contributed by atoms with E-state index in [1.807, 2.05) is 27.7 Å². The monoisotopic (exact) mass is 185 g/mol. The average molecular weight is 185 g/mol. The third-order valence-corrected chi connectivity index (χ3v) is 2.47. The van der Waals surface area contributed by atoms with Crippen molar-refractivity contribution in [3.05, 3.63) is 0 Å². The number of aliphatic hydroxyl groups is 1. The third kappa shape index (κ3) is 2.44. The Morgan fingerprint density at radius 1 is 1.46 bits per heavy atom. The van der Waals surface area contributed by atoms with E-state index in [1.165, 1.54) is 0 Å². The van der Waals surface area contributed by atoms with Crippen molar-refractivity contribution < 1.29 is 9.90 Å². The molecule has 1 fully saturated rings. The summed E-state index contributed by atoms with van der Waals surface area (Å²) in [5, 5.41) is 12.1. The molecular formula is C10H19NO2. The van der Waals surface area contributed by atoms with Gasteiger partial charge in [0.15, 0.2) is 0 Å². The standard InChI is InChI=1S/C10H19NO2/c1-9(2,3)8(13)11-10(4)5-7(12)6-10/h7,12H,5-6H2,1-4H3,(H,11,13). The molecule has 0 bridgehead atoms. The summed E-state index contributed by atoms with van der Waals surface area (Å²) in [5.41, 5.74) is -0.521. The molecule has 1 rings (SSSR count). The molecule has 0 aromatic carbocycles. The van der Waals surface area contributed by atoms with Gasteiger partial charge >= 0.3 is 0 Å². The van der Waals surface area contributed by atoms with Crippen LogP contribution in [0.2, 0.25) is 0 Å². The average Bonchev–Trinajstić information content (AvgIpc) is 1.81. The van der Waals surface area contributed by atoms with Crippen LogP contribution in [0, 0.1) is 5.41 Å². The van der Waals surface area contributed by atoms with Crippen molar-refractivity contribution >= 4 is 5.91 Å². The maximum Gasteiger partial charge on any atom is 0.225 e. The summed E-state index contributed by atoms with van der Waals surface area (Å²) in [6.07, 6.45) is 1.12. The number of aliphatic hydroxyl groups excluding tert-OH is 1. The van der Waals surface area contributed by atoms with Gasteiger partial charge in [-0.25, -0.2) is 0 Å². The normalized spacial score (nSPS) is 33.8. The summed E-state index contributed by atoms with van der Waals surface area (Å²) in [5.74, 6) is 0.0573. The lowest BCUT2D eigenvalue weighted by molar-refractivity contribution is -0.133. The van der Waals surface area contributed by atoms with E-state index in [0.29, 0.717) is 12.8 Å². The number of carbonyl (C=O) groups excluding carboxylic acids is 1. The maximum atomic E-state index is 11.6. The molecule has 13 heavy (non-hydrogen) atoms. The molecule has 0 aliphatic heterocycles. The largest absolute Gasteiger partial charge is 0.393 e. The highest BCUT2D eigenvalue weighted by atomic mass is 16.3. The second kappa shape index (κ2) is 2.98. The molecule has 0 heterocycles. The molecule has 0 unspecified atom stereocenters. The van der Waals surface area contributed by atoms with E-state index >= 15 is 0 Å². The third-order valence-electron chi connectivity index (χ3n) is 2.47. The zero-order chi connectivity index (χ0) is 10.3. The first kappa shape index (κ1) is 10.5. The fourth-order valence-corrected chi connectivity index (χ4v) is 1.54. The number of amides is 1. The molecule has 0 atom stereocenters. The Morgan fingerprint density at radius 3 is 2.23 bits per heavy atom. The van der Waals surface area contributed by atoms with E-state index in [1.54, 1.807) is 0 Å². The molecule has 2 N–H and O–H groups in total. The summed E-state index contributed by atoms with van der Waals surface area (Å²) >= 11 is 0. The molecule has 0 spiro atoms. The van der Waals surface area contributed by atoms with Crippen LogP contribution in [0.4, 0.5) is 0 Å². The lowest BCUT2D eigenvalue weighted by Crippen LogP contribution is -2.59. The fraction of sp³-hybridized carbons (Fsp3) is 0.900. The van der Waals surface area contributed by atoms with Gasteiger partial charge in [-0.1, -0.05) is 20.8 Å². The van der Waals surface area contributed by atoms with E-state index in [0.717, 1.165) is 0 Å². The summed E-state index contributed by atoms with van der Waals surface area (Å²) in [6.45, 7) is 7.64. The molecule has 0 aromatic rings. The van der Waals surface area contributed by atoms with Gasteiger partial charge in [0.2, 0.25) is 5.91 Å². The minimum Gasteiger partial charge on any atom is -0.393 e. The van der Waals surface area contributed by atoms with Gasteiger partial charge in [0.1, 0.15) is 0 Å². The minimum absolute atomic E-state index is 0.0573. The predicted octanol–water partition coefficient (Wildman–Crippen LogP) is 1.06. The highest BCUT2D eigenvalue weighted by molar-refractivity contribution is 5.82. The second-order valence-corrected chi connectivity index (χ2v) is 5.33. The Labute approximate surface area is 79.5 Å². The predicted molar refractivity (Wildman–Crippen MR) is 51.2 cm³/mol. The summed E-state index contributed by atoms with van der Waals surface area (Å²) < 4.78 is 0. The molecule has 1 amide bonds. The Bertz CT molecular complexity index is 211. The van der Waals surface area contributed by atoms with Crippen molar-refractivity contribution in [2.45, 2.75) is 52.2 Å². The van der Waals surface area contributed by atoms with Crippen LogP contribution >= 0.6 is 0 Å². The number of carbonyl (C=O) groups is 1. The van der Waals surface area contributed by atoms with Gasteiger partial charge in [-0.3, -0.25) is 4.79 Å². The van der Waals surface area contributed by atoms with Crippen LogP contribution in [0.5, 0.6) is 0 Å². The molecule has 3 heteroatoms. The molecule has 1 aliphatic carbocycles. The molecule has 0 saturated heterocycles. The van der Waals surface area contributed by atoms with Gasteiger partial charge in [0, 0.05) is 11.0 Å². The highest BCUT2D eigenvalue weighted by Crippen LogP contribution is 2.32. The smallest absolute Gasteiger partial charge is 0.225 e. The maximum absolute atomic E-state index is 11.6. The highest BCUT2D eigenvalue weighted by Gasteiger charge is 2.41. The van der Waals surface area contributed by atoms with Gasteiger partial charge in [0.25, 0.3) is 0 Å². The molecule has 1 aliphatic rings. The number of rotatable bonds is 1. The first-order chi connectivity index (χ1) is 5.73. The van der Waals surface area contributed by atoms with Gasteiger partial charge in [-0.15, -0.1) is 0 Å². The Hall–Kier alpha value is -0.570. The van der Waals surface area contributed by atoms with E-state index < -0.39 is 0 Å². The molecular weight excluding hydrogens is 166 g/mol. The summed E-state index contributed by atoms with van der Waals surface area (Å²) in [6, 6.07) is 0. The number of nitrogens with one attached hydrogen (secondary N) is 1. The van der Waals surface area contributed by atoms with Gasteiger partial charge in [0.05, 0.1) is 6.10 Å². The Balaban J connectivity index is 2.46. The van der Waals surface area contributed by atoms with E-state index in [4.69, 9.17) is 5.11 Å². The van der Waals surface area contributed by atoms with E-state index in [-0.39, 0.29) is 23.0 Å². The van der Waals surface area contributed by atoms with E-state index in [9.17, 15) is 4.79 Å². The van der Waals surface area contributed by atoms with Crippen molar-refractivity contribution in [2.24, 2.45) is 5.41 Å². The summed E-state index contributed by atoms with van der Waals surface area (Å²) in [7, 11) is 0. The Kier molecular flexibility index (Phi) is 2.41. The van der Waals surface area contributed by atoms with E-state index in [2.05, 4.69) is 5.32 Å². The van der Waals surface area contributed by atoms with Crippen LogP contribution in [0.3, 0.4) is 0 Å². The fourth-order valence-electron chi connectivity index (χ4n) is 1.54. The SMILES string of the molecule is CC1(NC(=O)C(C)(C)C)CC(O)C1. The lowest BCUT2D eigenvalue weighted by atomic mass is 9.75. The van der Waals surface area contributed by atoms with Crippen LogP contribution in [-0.4, -0.2) is 22.7 Å². The quantitative estimate of drug-likeness (QED) is 0.642. The first-order valence-corrected chi connectivity index (χ1v) is 4.74. The van der Waals surface area contributed by atoms with Crippen molar-refractivity contribution in [2.75, 3.05) is 0 Å². The zero-order valence-corrected chi connectivity index (χ0v) is 8.85. The molecule has 3 nitrogen and oxygen atoms in total. The molecule has 76 valence electrons.